The third-order valence-electron chi connectivity index (χ3n) is 12.1. The highest BCUT2D eigenvalue weighted by Crippen LogP contribution is 2.51. The number of fused-ring (bicyclic) bond motifs is 8. The minimum Gasteiger partial charge on any atom is -0.0761 e. The molecule has 11 rings (SSSR count). The van der Waals surface area contributed by atoms with Crippen molar-refractivity contribution in [3.63, 3.8) is 0 Å². The first-order valence-corrected chi connectivity index (χ1v) is 18.3. The zero-order chi connectivity index (χ0) is 33.8. The van der Waals surface area contributed by atoms with Gasteiger partial charge < -0.3 is 0 Å². The van der Waals surface area contributed by atoms with Crippen LogP contribution in [0.15, 0.2) is 170 Å². The number of allylic oxidation sites excluding steroid dienone is 8. The molecule has 0 heterocycles. The van der Waals surface area contributed by atoms with E-state index in [4.69, 9.17) is 0 Å². The largest absolute Gasteiger partial charge is 0.0761 e. The third-order valence-corrected chi connectivity index (χ3v) is 12.1. The summed E-state index contributed by atoms with van der Waals surface area (Å²) in [5.74, 6) is 0.699. The summed E-state index contributed by atoms with van der Waals surface area (Å²) in [6, 6.07) is 50.1. The standard InChI is InChI=1S/C51H36/c1-51(2)48-13-6-5-10-43(48)44-23-22-37(30-49(44)51)35-20-19-32-26-34(18-17-33(32)27-35)36-16-14-31-15-21-38(29-39(31)28-36)40-24-25-47-42-9-4-3-8-41(42)46-12-7-11-45(40)50(46)47/h3-31,39H,1-2H3. The highest BCUT2D eigenvalue weighted by Gasteiger charge is 2.35. The van der Waals surface area contributed by atoms with Crippen LogP contribution in [0, 0.1) is 11.8 Å². The summed E-state index contributed by atoms with van der Waals surface area (Å²) in [5, 5.41) is 5.27. The quantitative estimate of drug-likeness (QED) is 0.179. The van der Waals surface area contributed by atoms with Crippen LogP contribution >= 0.6 is 0 Å². The second kappa shape index (κ2) is 10.5. The summed E-state index contributed by atoms with van der Waals surface area (Å²) in [6.07, 6.45) is 14.4. The molecule has 0 radical (unpaired) electrons. The lowest BCUT2D eigenvalue weighted by Gasteiger charge is -2.26. The van der Waals surface area contributed by atoms with E-state index in [1.165, 1.54) is 99.5 Å². The zero-order valence-corrected chi connectivity index (χ0v) is 28.8. The first kappa shape index (κ1) is 28.8. The van der Waals surface area contributed by atoms with Crippen molar-refractivity contribution in [1.29, 1.82) is 0 Å². The van der Waals surface area contributed by atoms with Crippen LogP contribution in [0.4, 0.5) is 0 Å². The molecule has 0 saturated carbocycles. The number of hydrogen-bond acceptors (Lipinski definition) is 0. The molecule has 2 unspecified atom stereocenters. The smallest absolute Gasteiger partial charge is 0.0159 e. The van der Waals surface area contributed by atoms with Crippen molar-refractivity contribution in [3.05, 3.63) is 192 Å². The van der Waals surface area contributed by atoms with Gasteiger partial charge >= 0.3 is 0 Å². The normalized spacial score (nSPS) is 18.6. The summed E-state index contributed by atoms with van der Waals surface area (Å²) in [5.41, 5.74) is 18.7. The zero-order valence-electron chi connectivity index (χ0n) is 28.8. The van der Waals surface area contributed by atoms with Crippen LogP contribution in [0.2, 0.25) is 0 Å². The SMILES string of the molecule is CC1(C)c2ccccc2-c2ccc(-c3ccc4cc(C5=CC6C=C(c7ccc8c9c(cccc79)-c7ccccc7-8)C=CC6C=C5)ccc4c3)cc21. The first-order chi connectivity index (χ1) is 25.0. The van der Waals surface area contributed by atoms with Crippen LogP contribution in [0.5, 0.6) is 0 Å². The van der Waals surface area contributed by atoms with Gasteiger partial charge in [0.1, 0.15) is 0 Å². The van der Waals surface area contributed by atoms with Crippen molar-refractivity contribution in [2.24, 2.45) is 11.8 Å². The topological polar surface area (TPSA) is 0 Å². The Morgan fingerprint density at radius 3 is 1.80 bits per heavy atom. The first-order valence-electron chi connectivity index (χ1n) is 18.3. The average Bonchev–Trinajstić information content (AvgIpc) is 3.63. The monoisotopic (exact) mass is 648 g/mol. The second-order valence-corrected chi connectivity index (χ2v) is 15.3. The van der Waals surface area contributed by atoms with Gasteiger partial charge in [0.2, 0.25) is 0 Å². The third kappa shape index (κ3) is 4.20. The van der Waals surface area contributed by atoms with Crippen molar-refractivity contribution >= 4 is 32.7 Å². The molecule has 4 aliphatic rings. The second-order valence-electron chi connectivity index (χ2n) is 15.3. The van der Waals surface area contributed by atoms with Gasteiger partial charge in [-0.3, -0.25) is 0 Å². The van der Waals surface area contributed by atoms with Crippen molar-refractivity contribution in [2.45, 2.75) is 19.3 Å². The van der Waals surface area contributed by atoms with E-state index < -0.39 is 0 Å². The number of rotatable bonds is 3. The lowest BCUT2D eigenvalue weighted by Crippen LogP contribution is -2.14. The highest BCUT2D eigenvalue weighted by molar-refractivity contribution is 6.17. The number of hydrogen-bond donors (Lipinski definition) is 0. The molecule has 4 aliphatic carbocycles. The number of benzene rings is 7. The molecule has 240 valence electrons. The van der Waals surface area contributed by atoms with E-state index in [9.17, 15) is 0 Å². The van der Waals surface area contributed by atoms with Gasteiger partial charge in [0.25, 0.3) is 0 Å². The molecule has 2 atom stereocenters. The van der Waals surface area contributed by atoms with Gasteiger partial charge in [-0.1, -0.05) is 166 Å². The van der Waals surface area contributed by atoms with Crippen molar-refractivity contribution in [1.82, 2.24) is 0 Å². The fraction of sp³-hybridized carbons (Fsp3) is 0.0980. The Bertz CT molecular complexity index is 2750. The molecule has 0 heteroatoms. The lowest BCUT2D eigenvalue weighted by molar-refractivity contribution is 0.660. The maximum atomic E-state index is 2.49. The fourth-order valence-corrected chi connectivity index (χ4v) is 9.47. The van der Waals surface area contributed by atoms with Crippen LogP contribution < -0.4 is 0 Å². The Morgan fingerprint density at radius 1 is 0.412 bits per heavy atom. The molecular weight excluding hydrogens is 613 g/mol. The molecule has 0 saturated heterocycles. The van der Waals surface area contributed by atoms with E-state index in [1.807, 2.05) is 0 Å². The Labute approximate surface area is 299 Å². The van der Waals surface area contributed by atoms with Gasteiger partial charge in [0, 0.05) is 17.3 Å². The molecule has 0 fully saturated rings. The molecule has 0 spiro atoms. The molecule has 7 aromatic rings. The molecular formula is C51H36. The van der Waals surface area contributed by atoms with Gasteiger partial charge in [0.05, 0.1) is 0 Å². The molecule has 51 heavy (non-hydrogen) atoms. The van der Waals surface area contributed by atoms with E-state index in [2.05, 4.69) is 184 Å². The van der Waals surface area contributed by atoms with E-state index in [0.29, 0.717) is 11.8 Å². The van der Waals surface area contributed by atoms with Crippen LogP contribution in [-0.4, -0.2) is 0 Å². The van der Waals surface area contributed by atoms with Gasteiger partial charge in [0.15, 0.2) is 0 Å². The summed E-state index contributed by atoms with van der Waals surface area (Å²) < 4.78 is 0. The van der Waals surface area contributed by atoms with Crippen molar-refractivity contribution < 1.29 is 0 Å². The molecule has 0 nitrogen and oxygen atoms in total. The Hall–Kier alpha value is -5.98. The van der Waals surface area contributed by atoms with Gasteiger partial charge in [-0.05, 0) is 118 Å². The summed E-state index contributed by atoms with van der Waals surface area (Å²) in [4.78, 5) is 0. The molecule has 0 N–H and O–H groups in total. The molecule has 0 aromatic heterocycles. The van der Waals surface area contributed by atoms with Gasteiger partial charge in [-0.2, -0.15) is 0 Å². The van der Waals surface area contributed by atoms with Gasteiger partial charge in [-0.15, -0.1) is 0 Å². The van der Waals surface area contributed by atoms with E-state index >= 15 is 0 Å². The van der Waals surface area contributed by atoms with Crippen molar-refractivity contribution in [2.75, 3.05) is 0 Å². The molecule has 7 aromatic carbocycles. The Kier molecular flexibility index (Phi) is 5.94. The van der Waals surface area contributed by atoms with E-state index in [1.54, 1.807) is 0 Å². The average molecular weight is 649 g/mol. The molecule has 0 aliphatic heterocycles. The fourth-order valence-electron chi connectivity index (χ4n) is 9.47. The van der Waals surface area contributed by atoms with E-state index in [0.717, 1.165) is 0 Å². The Morgan fingerprint density at radius 2 is 0.980 bits per heavy atom. The predicted molar refractivity (Wildman–Crippen MR) is 217 cm³/mol. The minimum absolute atomic E-state index is 0.000101. The maximum Gasteiger partial charge on any atom is 0.0159 e. The molecule has 0 amide bonds. The molecule has 0 bridgehead atoms. The van der Waals surface area contributed by atoms with E-state index in [-0.39, 0.29) is 5.41 Å². The minimum atomic E-state index is 0.000101. The Balaban J connectivity index is 0.912. The lowest BCUT2D eigenvalue weighted by atomic mass is 9.78. The van der Waals surface area contributed by atoms with Crippen LogP contribution in [0.1, 0.15) is 36.1 Å². The van der Waals surface area contributed by atoms with Crippen LogP contribution in [0.3, 0.4) is 0 Å². The predicted octanol–water partition coefficient (Wildman–Crippen LogP) is 13.5. The highest BCUT2D eigenvalue weighted by atomic mass is 14.4. The van der Waals surface area contributed by atoms with Crippen molar-refractivity contribution in [3.8, 4) is 44.5 Å². The summed E-state index contributed by atoms with van der Waals surface area (Å²) in [7, 11) is 0. The van der Waals surface area contributed by atoms with Gasteiger partial charge in [-0.25, -0.2) is 0 Å². The summed E-state index contributed by atoms with van der Waals surface area (Å²) >= 11 is 0. The summed E-state index contributed by atoms with van der Waals surface area (Å²) in [6.45, 7) is 4.71. The maximum absolute atomic E-state index is 2.49. The van der Waals surface area contributed by atoms with Crippen LogP contribution in [-0.2, 0) is 5.41 Å². The van der Waals surface area contributed by atoms with Crippen LogP contribution in [0.25, 0.3) is 77.2 Å².